The SMILES string of the molecule is CCOC(=O)Cc1csc(NN=Cc2c(F)ccc(F)c2F)n1. The summed E-state index contributed by atoms with van der Waals surface area (Å²) in [5.41, 5.74) is 2.35. The standard InChI is InChI=1S/C14H12F3N3O2S/c1-2-22-12(21)5-8-7-23-14(19-8)20-18-6-9-10(15)3-4-11(16)13(9)17/h3-4,6-7H,2,5H2,1H3,(H,19,20). The molecule has 122 valence electrons. The van der Waals surface area contributed by atoms with Gasteiger partial charge in [0.05, 0.1) is 30.5 Å². The molecule has 0 radical (unpaired) electrons. The van der Waals surface area contributed by atoms with Crippen LogP contribution in [-0.4, -0.2) is 23.8 Å². The highest BCUT2D eigenvalue weighted by atomic mass is 32.1. The second-order valence-electron chi connectivity index (χ2n) is 4.25. The Morgan fingerprint density at radius 1 is 1.39 bits per heavy atom. The first-order chi connectivity index (χ1) is 11.0. The number of rotatable bonds is 6. The van der Waals surface area contributed by atoms with E-state index in [-0.39, 0.29) is 13.0 Å². The van der Waals surface area contributed by atoms with Crippen LogP contribution in [0.4, 0.5) is 18.3 Å². The summed E-state index contributed by atoms with van der Waals surface area (Å²) >= 11 is 1.15. The van der Waals surface area contributed by atoms with Crippen LogP contribution in [0.15, 0.2) is 22.6 Å². The van der Waals surface area contributed by atoms with Crippen LogP contribution in [0.3, 0.4) is 0 Å². The third-order valence-electron chi connectivity index (χ3n) is 2.62. The van der Waals surface area contributed by atoms with E-state index >= 15 is 0 Å². The molecule has 0 saturated carbocycles. The molecule has 1 N–H and O–H groups in total. The van der Waals surface area contributed by atoms with Crippen molar-refractivity contribution in [1.29, 1.82) is 0 Å². The number of anilines is 1. The molecule has 2 rings (SSSR count). The number of hydrazone groups is 1. The summed E-state index contributed by atoms with van der Waals surface area (Å²) in [7, 11) is 0. The van der Waals surface area contributed by atoms with E-state index in [4.69, 9.17) is 4.74 Å². The van der Waals surface area contributed by atoms with Crippen molar-refractivity contribution in [2.75, 3.05) is 12.0 Å². The molecule has 23 heavy (non-hydrogen) atoms. The maximum atomic E-state index is 13.4. The molecule has 0 unspecified atom stereocenters. The van der Waals surface area contributed by atoms with Crippen molar-refractivity contribution in [2.24, 2.45) is 5.10 Å². The molecule has 0 fully saturated rings. The summed E-state index contributed by atoms with van der Waals surface area (Å²) in [6, 6.07) is 1.50. The van der Waals surface area contributed by atoms with Gasteiger partial charge in [0, 0.05) is 5.38 Å². The first-order valence-electron chi connectivity index (χ1n) is 6.53. The van der Waals surface area contributed by atoms with E-state index in [1.807, 2.05) is 0 Å². The Morgan fingerprint density at radius 3 is 2.87 bits per heavy atom. The lowest BCUT2D eigenvalue weighted by Gasteiger charge is -2.00. The molecule has 9 heteroatoms. The van der Waals surface area contributed by atoms with Crippen LogP contribution in [0.1, 0.15) is 18.2 Å². The molecular weight excluding hydrogens is 331 g/mol. The van der Waals surface area contributed by atoms with E-state index < -0.39 is 29.0 Å². The average Bonchev–Trinajstić information content (AvgIpc) is 2.94. The molecule has 2 aromatic rings. The first-order valence-corrected chi connectivity index (χ1v) is 7.41. The summed E-state index contributed by atoms with van der Waals surface area (Å²) in [6.45, 7) is 1.98. The molecule has 0 saturated heterocycles. The molecule has 0 bridgehead atoms. The van der Waals surface area contributed by atoms with Crippen molar-refractivity contribution in [3.63, 3.8) is 0 Å². The van der Waals surface area contributed by atoms with Crippen LogP contribution < -0.4 is 5.43 Å². The Balaban J connectivity index is 2.00. The molecule has 0 spiro atoms. The second-order valence-corrected chi connectivity index (χ2v) is 5.11. The Labute approximate surface area is 133 Å². The van der Waals surface area contributed by atoms with Gasteiger partial charge in [-0.2, -0.15) is 5.10 Å². The Bertz CT molecular complexity index is 734. The van der Waals surface area contributed by atoms with Crippen molar-refractivity contribution < 1.29 is 22.7 Å². The number of hydrogen-bond donors (Lipinski definition) is 1. The zero-order valence-electron chi connectivity index (χ0n) is 12.0. The minimum atomic E-state index is -1.32. The highest BCUT2D eigenvalue weighted by molar-refractivity contribution is 7.13. The smallest absolute Gasteiger partial charge is 0.311 e. The fraction of sp³-hybridized carbons (Fsp3) is 0.214. The van der Waals surface area contributed by atoms with Gasteiger partial charge in [-0.15, -0.1) is 11.3 Å². The van der Waals surface area contributed by atoms with Crippen molar-refractivity contribution in [2.45, 2.75) is 13.3 Å². The molecule has 0 aliphatic carbocycles. The number of nitrogens with zero attached hydrogens (tertiary/aromatic N) is 2. The monoisotopic (exact) mass is 343 g/mol. The molecule has 1 aromatic heterocycles. The molecule has 0 amide bonds. The third-order valence-corrected chi connectivity index (χ3v) is 3.41. The van der Waals surface area contributed by atoms with Crippen LogP contribution in [0, 0.1) is 17.5 Å². The van der Waals surface area contributed by atoms with E-state index in [0.717, 1.165) is 23.6 Å². The summed E-state index contributed by atoms with van der Waals surface area (Å²) < 4.78 is 44.6. The van der Waals surface area contributed by atoms with Crippen LogP contribution in [0.25, 0.3) is 0 Å². The number of esters is 1. The van der Waals surface area contributed by atoms with Gasteiger partial charge in [-0.3, -0.25) is 10.2 Å². The predicted octanol–water partition coefficient (Wildman–Crippen LogP) is 3.11. The minimum absolute atomic E-state index is 0.0168. The molecular formula is C14H12F3N3O2S. The lowest BCUT2D eigenvalue weighted by Crippen LogP contribution is -2.07. The van der Waals surface area contributed by atoms with Crippen LogP contribution >= 0.6 is 11.3 Å². The number of carbonyl (C=O) groups is 1. The van der Waals surface area contributed by atoms with Crippen LogP contribution in [0.5, 0.6) is 0 Å². The van der Waals surface area contributed by atoms with Crippen molar-refractivity contribution in [3.8, 4) is 0 Å². The van der Waals surface area contributed by atoms with Gasteiger partial charge in [-0.05, 0) is 19.1 Å². The van der Waals surface area contributed by atoms with Gasteiger partial charge in [-0.1, -0.05) is 0 Å². The fourth-order valence-electron chi connectivity index (χ4n) is 1.61. The Kier molecular flexibility index (Phi) is 5.69. The van der Waals surface area contributed by atoms with E-state index in [0.29, 0.717) is 16.9 Å². The van der Waals surface area contributed by atoms with E-state index in [9.17, 15) is 18.0 Å². The van der Waals surface area contributed by atoms with Gasteiger partial charge in [-0.25, -0.2) is 18.2 Å². The minimum Gasteiger partial charge on any atom is -0.466 e. The molecule has 0 aliphatic rings. The van der Waals surface area contributed by atoms with E-state index in [1.165, 1.54) is 0 Å². The number of aromatic nitrogens is 1. The number of halogens is 3. The topological polar surface area (TPSA) is 63.6 Å². The summed E-state index contributed by atoms with van der Waals surface area (Å²) in [6.07, 6.45) is 0.836. The lowest BCUT2D eigenvalue weighted by molar-refractivity contribution is -0.142. The number of carbonyl (C=O) groups excluding carboxylic acids is 1. The third kappa shape index (κ3) is 4.52. The van der Waals surface area contributed by atoms with E-state index in [1.54, 1.807) is 12.3 Å². The van der Waals surface area contributed by atoms with Crippen molar-refractivity contribution >= 4 is 28.7 Å². The molecule has 1 aromatic carbocycles. The number of nitrogens with one attached hydrogen (secondary N) is 1. The number of hydrogen-bond acceptors (Lipinski definition) is 6. The zero-order valence-corrected chi connectivity index (χ0v) is 12.8. The van der Waals surface area contributed by atoms with Gasteiger partial charge in [0.15, 0.2) is 11.6 Å². The van der Waals surface area contributed by atoms with Gasteiger partial charge >= 0.3 is 5.97 Å². The van der Waals surface area contributed by atoms with Crippen LogP contribution in [0.2, 0.25) is 0 Å². The zero-order chi connectivity index (χ0) is 16.8. The van der Waals surface area contributed by atoms with Crippen molar-refractivity contribution in [3.05, 3.63) is 46.2 Å². The summed E-state index contributed by atoms with van der Waals surface area (Å²) in [5, 5.41) is 5.55. The largest absolute Gasteiger partial charge is 0.466 e. The van der Waals surface area contributed by atoms with Gasteiger partial charge in [0.2, 0.25) is 5.13 Å². The predicted molar refractivity (Wildman–Crippen MR) is 80.0 cm³/mol. The number of benzene rings is 1. The highest BCUT2D eigenvalue weighted by Crippen LogP contribution is 2.17. The first kappa shape index (κ1) is 16.9. The average molecular weight is 343 g/mol. The maximum absolute atomic E-state index is 13.4. The van der Waals surface area contributed by atoms with E-state index in [2.05, 4.69) is 15.5 Å². The van der Waals surface area contributed by atoms with Crippen LogP contribution in [-0.2, 0) is 16.0 Å². The van der Waals surface area contributed by atoms with Crippen molar-refractivity contribution in [1.82, 2.24) is 4.98 Å². The van der Waals surface area contributed by atoms with Gasteiger partial charge in [0.1, 0.15) is 5.82 Å². The summed E-state index contributed by atoms with van der Waals surface area (Å²) in [4.78, 5) is 15.4. The lowest BCUT2D eigenvalue weighted by atomic mass is 10.2. The Hall–Kier alpha value is -2.42. The maximum Gasteiger partial charge on any atom is 0.311 e. The second kappa shape index (κ2) is 7.73. The molecule has 5 nitrogen and oxygen atoms in total. The Morgan fingerprint density at radius 2 is 2.13 bits per heavy atom. The molecule has 0 atom stereocenters. The number of ether oxygens (including phenoxy) is 1. The molecule has 0 aliphatic heterocycles. The molecule has 1 heterocycles. The number of thiazole rings is 1. The van der Waals surface area contributed by atoms with Gasteiger partial charge in [0.25, 0.3) is 0 Å². The summed E-state index contributed by atoms with van der Waals surface area (Å²) in [5.74, 6) is -3.83. The fourth-order valence-corrected chi connectivity index (χ4v) is 2.27. The quantitative estimate of drug-likeness (QED) is 0.379. The normalized spacial score (nSPS) is 11.0. The highest BCUT2D eigenvalue weighted by Gasteiger charge is 2.12. The van der Waals surface area contributed by atoms with Gasteiger partial charge < -0.3 is 4.74 Å².